The summed E-state index contributed by atoms with van der Waals surface area (Å²) in [5.41, 5.74) is 1.66. The van der Waals surface area contributed by atoms with Gasteiger partial charge in [-0.25, -0.2) is 0 Å². The molecular weight excluding hydrogens is 300 g/mol. The third-order valence-corrected chi connectivity index (χ3v) is 3.28. The molecule has 0 fully saturated rings. The third-order valence-electron chi connectivity index (χ3n) is 3.05. The number of halogens is 1. The fourth-order valence-corrected chi connectivity index (χ4v) is 2.00. The maximum absolute atomic E-state index is 12.2. The summed E-state index contributed by atoms with van der Waals surface area (Å²) in [6.07, 6.45) is 1.34. The molecule has 5 heteroatoms. The Labute approximate surface area is 133 Å². The van der Waals surface area contributed by atoms with Crippen LogP contribution in [0, 0.1) is 18.3 Å². The number of hydrogen-bond donors (Lipinski definition) is 2. The molecular formula is C17H13ClN2O2. The van der Waals surface area contributed by atoms with Gasteiger partial charge in [0.05, 0.1) is 0 Å². The van der Waals surface area contributed by atoms with E-state index in [9.17, 15) is 9.90 Å². The summed E-state index contributed by atoms with van der Waals surface area (Å²) >= 11 is 5.90. The average Bonchev–Trinajstić information content (AvgIpc) is 2.50. The van der Waals surface area contributed by atoms with Crippen molar-refractivity contribution in [2.45, 2.75) is 6.92 Å². The van der Waals surface area contributed by atoms with Crippen LogP contribution in [-0.2, 0) is 4.79 Å². The number of nitrogens with one attached hydrogen (secondary N) is 1. The lowest BCUT2D eigenvalue weighted by Crippen LogP contribution is -2.14. The Hall–Kier alpha value is -2.77. The number of phenols is 1. The summed E-state index contributed by atoms with van der Waals surface area (Å²) in [7, 11) is 0. The molecule has 0 heterocycles. The number of carbonyl (C=O) groups excluding carboxylic acids is 1. The van der Waals surface area contributed by atoms with Gasteiger partial charge in [-0.05, 0) is 36.8 Å². The van der Waals surface area contributed by atoms with E-state index in [0.29, 0.717) is 16.3 Å². The number of benzene rings is 2. The minimum Gasteiger partial charge on any atom is -0.507 e. The number of hydrogen-bond acceptors (Lipinski definition) is 3. The van der Waals surface area contributed by atoms with Gasteiger partial charge >= 0.3 is 0 Å². The first kappa shape index (κ1) is 15.6. The van der Waals surface area contributed by atoms with Crippen LogP contribution >= 0.6 is 11.6 Å². The Balaban J connectivity index is 2.29. The molecule has 0 aliphatic heterocycles. The van der Waals surface area contributed by atoms with E-state index in [1.807, 2.05) is 13.0 Å². The van der Waals surface area contributed by atoms with E-state index in [2.05, 4.69) is 5.32 Å². The number of amides is 1. The summed E-state index contributed by atoms with van der Waals surface area (Å²) in [5.74, 6) is -0.557. The van der Waals surface area contributed by atoms with Crippen LogP contribution in [0.25, 0.3) is 6.08 Å². The van der Waals surface area contributed by atoms with E-state index in [1.165, 1.54) is 12.1 Å². The van der Waals surface area contributed by atoms with Gasteiger partial charge in [0.15, 0.2) is 0 Å². The molecule has 4 nitrogen and oxygen atoms in total. The van der Waals surface area contributed by atoms with Crippen molar-refractivity contribution in [1.29, 1.82) is 5.26 Å². The Morgan fingerprint density at radius 3 is 2.73 bits per heavy atom. The van der Waals surface area contributed by atoms with Crippen LogP contribution in [0.1, 0.15) is 11.1 Å². The Morgan fingerprint density at radius 2 is 2.05 bits per heavy atom. The number of para-hydroxylation sites is 1. The fraction of sp³-hybridized carbons (Fsp3) is 0.0588. The number of nitriles is 1. The average molecular weight is 313 g/mol. The van der Waals surface area contributed by atoms with Crippen molar-refractivity contribution in [3.05, 3.63) is 64.2 Å². The van der Waals surface area contributed by atoms with Crippen LogP contribution in [-0.4, -0.2) is 11.0 Å². The van der Waals surface area contributed by atoms with Gasteiger partial charge in [0, 0.05) is 16.3 Å². The number of nitrogens with zero attached hydrogens (tertiary/aromatic N) is 1. The lowest BCUT2D eigenvalue weighted by molar-refractivity contribution is -0.112. The molecule has 0 unspecified atom stereocenters. The molecule has 1 amide bonds. The maximum Gasteiger partial charge on any atom is 0.266 e. The second-order valence-corrected chi connectivity index (χ2v) is 5.08. The molecule has 0 aliphatic rings. The van der Waals surface area contributed by atoms with Crippen molar-refractivity contribution in [3.63, 3.8) is 0 Å². The molecule has 2 rings (SSSR count). The van der Waals surface area contributed by atoms with E-state index in [4.69, 9.17) is 16.9 Å². The summed E-state index contributed by atoms with van der Waals surface area (Å²) in [6.45, 7) is 1.82. The number of aromatic hydroxyl groups is 1. The fourth-order valence-electron chi connectivity index (χ4n) is 1.83. The minimum atomic E-state index is -0.559. The molecule has 0 bridgehead atoms. The monoisotopic (exact) mass is 312 g/mol. The predicted octanol–water partition coefficient (Wildman–Crippen LogP) is 3.90. The number of phenolic OH excluding ortho intramolecular Hbond substituents is 1. The molecule has 0 aliphatic carbocycles. The van der Waals surface area contributed by atoms with Crippen LogP contribution in [0.15, 0.2) is 48.0 Å². The SMILES string of the molecule is Cc1ccc(Cl)cc1NC(=O)/C(C#N)=C/c1ccccc1O. The zero-order chi connectivity index (χ0) is 16.1. The smallest absolute Gasteiger partial charge is 0.266 e. The quantitative estimate of drug-likeness (QED) is 0.667. The number of rotatable bonds is 3. The van der Waals surface area contributed by atoms with Crippen LogP contribution in [0.5, 0.6) is 5.75 Å². The first-order valence-electron chi connectivity index (χ1n) is 6.48. The van der Waals surface area contributed by atoms with Crippen molar-refractivity contribution in [2.75, 3.05) is 5.32 Å². The highest BCUT2D eigenvalue weighted by Gasteiger charge is 2.12. The molecule has 0 saturated carbocycles. The number of anilines is 1. The Bertz CT molecular complexity index is 791. The maximum atomic E-state index is 12.2. The van der Waals surface area contributed by atoms with Gasteiger partial charge in [0.2, 0.25) is 0 Å². The van der Waals surface area contributed by atoms with Gasteiger partial charge in [0.25, 0.3) is 5.91 Å². The number of aryl methyl sites for hydroxylation is 1. The molecule has 2 N–H and O–H groups in total. The standard InChI is InChI=1S/C17H13ClN2O2/c1-11-6-7-14(18)9-15(11)20-17(22)13(10-19)8-12-4-2-3-5-16(12)21/h2-9,21H,1H3,(H,20,22)/b13-8+. The van der Waals surface area contributed by atoms with Crippen molar-refractivity contribution in [3.8, 4) is 11.8 Å². The van der Waals surface area contributed by atoms with Gasteiger partial charge in [-0.1, -0.05) is 35.9 Å². The van der Waals surface area contributed by atoms with Gasteiger partial charge in [-0.2, -0.15) is 5.26 Å². The van der Waals surface area contributed by atoms with E-state index in [0.717, 1.165) is 5.56 Å². The highest BCUT2D eigenvalue weighted by atomic mass is 35.5. The van der Waals surface area contributed by atoms with Gasteiger partial charge in [-0.15, -0.1) is 0 Å². The van der Waals surface area contributed by atoms with Gasteiger partial charge < -0.3 is 10.4 Å². The molecule has 2 aromatic carbocycles. The Morgan fingerprint density at radius 1 is 1.32 bits per heavy atom. The minimum absolute atomic E-state index is 0.00184. The molecule has 110 valence electrons. The molecule has 0 radical (unpaired) electrons. The summed E-state index contributed by atoms with van der Waals surface area (Å²) in [5, 5.41) is 22.0. The molecule has 22 heavy (non-hydrogen) atoms. The molecule has 0 aromatic heterocycles. The van der Waals surface area contributed by atoms with E-state index < -0.39 is 5.91 Å². The molecule has 0 atom stereocenters. The van der Waals surface area contributed by atoms with Crippen molar-refractivity contribution >= 4 is 29.3 Å². The second-order valence-electron chi connectivity index (χ2n) is 4.64. The predicted molar refractivity (Wildman–Crippen MR) is 86.5 cm³/mol. The molecule has 0 saturated heterocycles. The topological polar surface area (TPSA) is 73.1 Å². The second kappa shape index (κ2) is 6.79. The van der Waals surface area contributed by atoms with E-state index in [1.54, 1.807) is 36.4 Å². The molecule has 2 aromatic rings. The lowest BCUT2D eigenvalue weighted by atomic mass is 10.1. The van der Waals surface area contributed by atoms with Crippen LogP contribution in [0.2, 0.25) is 5.02 Å². The normalized spacial score (nSPS) is 10.9. The van der Waals surface area contributed by atoms with Crippen molar-refractivity contribution < 1.29 is 9.90 Å². The van der Waals surface area contributed by atoms with Crippen molar-refractivity contribution in [1.82, 2.24) is 0 Å². The lowest BCUT2D eigenvalue weighted by Gasteiger charge is -2.08. The van der Waals surface area contributed by atoms with Crippen LogP contribution in [0.4, 0.5) is 5.69 Å². The zero-order valence-corrected chi connectivity index (χ0v) is 12.6. The highest BCUT2D eigenvalue weighted by Crippen LogP contribution is 2.22. The largest absolute Gasteiger partial charge is 0.507 e. The summed E-state index contributed by atoms with van der Waals surface area (Å²) in [6, 6.07) is 13.4. The number of carbonyl (C=O) groups is 1. The van der Waals surface area contributed by atoms with E-state index in [-0.39, 0.29) is 11.3 Å². The first-order valence-corrected chi connectivity index (χ1v) is 6.86. The van der Waals surface area contributed by atoms with Crippen LogP contribution < -0.4 is 5.32 Å². The Kier molecular flexibility index (Phi) is 4.82. The summed E-state index contributed by atoms with van der Waals surface area (Å²) in [4.78, 5) is 12.2. The van der Waals surface area contributed by atoms with Crippen molar-refractivity contribution in [2.24, 2.45) is 0 Å². The third kappa shape index (κ3) is 3.66. The van der Waals surface area contributed by atoms with Crippen LogP contribution in [0.3, 0.4) is 0 Å². The summed E-state index contributed by atoms with van der Waals surface area (Å²) < 4.78 is 0. The van der Waals surface area contributed by atoms with Gasteiger partial charge in [0.1, 0.15) is 17.4 Å². The zero-order valence-electron chi connectivity index (χ0n) is 11.8. The van der Waals surface area contributed by atoms with Gasteiger partial charge in [-0.3, -0.25) is 4.79 Å². The first-order chi connectivity index (χ1) is 10.5. The highest BCUT2D eigenvalue weighted by molar-refractivity contribution is 6.31. The molecule has 0 spiro atoms. The van der Waals surface area contributed by atoms with E-state index >= 15 is 0 Å².